The van der Waals surface area contributed by atoms with E-state index in [0.717, 1.165) is 10.4 Å². The molecule has 0 aliphatic rings. The van der Waals surface area contributed by atoms with Crippen LogP contribution in [0.25, 0.3) is 0 Å². The number of carbonyl (C=O) groups is 1. The number of nitrogens with two attached hydrogens (primary N) is 1. The monoisotopic (exact) mass is 290 g/mol. The number of hydrogen-bond acceptors (Lipinski definition) is 3. The second-order valence-corrected chi connectivity index (χ2v) is 5.91. The Morgan fingerprint density at radius 2 is 2.00 bits per heavy atom. The van der Waals surface area contributed by atoms with Crippen molar-refractivity contribution in [3.63, 3.8) is 0 Å². The van der Waals surface area contributed by atoms with Crippen LogP contribution >= 0.6 is 23.6 Å². The highest BCUT2D eigenvalue weighted by molar-refractivity contribution is 7.80. The minimum Gasteiger partial charge on any atom is -0.389 e. The maximum Gasteiger partial charge on any atom is 0.265 e. The third-order valence-electron chi connectivity index (χ3n) is 2.83. The smallest absolute Gasteiger partial charge is 0.265 e. The van der Waals surface area contributed by atoms with Crippen LogP contribution < -0.4 is 11.1 Å². The summed E-state index contributed by atoms with van der Waals surface area (Å²) in [6, 6.07) is 9.15. The summed E-state index contributed by atoms with van der Waals surface area (Å²) in [5.74, 6) is -0.134. The molecule has 0 unspecified atom stereocenters. The molecule has 0 bridgehead atoms. The number of thiocarbonyl (C=S) groups is 1. The molecule has 19 heavy (non-hydrogen) atoms. The van der Waals surface area contributed by atoms with E-state index in [-0.39, 0.29) is 10.9 Å². The number of amides is 1. The van der Waals surface area contributed by atoms with E-state index < -0.39 is 0 Å². The second kappa shape index (κ2) is 5.50. The maximum atomic E-state index is 12.2. The van der Waals surface area contributed by atoms with Gasteiger partial charge in [-0.2, -0.15) is 0 Å². The molecule has 0 saturated carbocycles. The predicted molar refractivity (Wildman–Crippen MR) is 84.1 cm³/mol. The number of aryl methyl sites for hydroxylation is 2. The zero-order valence-corrected chi connectivity index (χ0v) is 12.3. The molecule has 0 aliphatic carbocycles. The fraction of sp³-hybridized carbons (Fsp3) is 0.143. The number of nitrogens with one attached hydrogen (secondary N) is 1. The van der Waals surface area contributed by atoms with Crippen LogP contribution in [-0.2, 0) is 0 Å². The molecule has 0 fully saturated rings. The lowest BCUT2D eigenvalue weighted by atomic mass is 10.1. The topological polar surface area (TPSA) is 55.1 Å². The number of anilines is 1. The second-order valence-electron chi connectivity index (χ2n) is 4.21. The van der Waals surface area contributed by atoms with Crippen LogP contribution in [0.15, 0.2) is 30.3 Å². The molecule has 1 amide bonds. The summed E-state index contributed by atoms with van der Waals surface area (Å²) in [6.45, 7) is 3.99. The highest BCUT2D eigenvalue weighted by Crippen LogP contribution is 2.22. The lowest BCUT2D eigenvalue weighted by Crippen LogP contribution is -2.16. The minimum absolute atomic E-state index is 0.134. The van der Waals surface area contributed by atoms with Crippen molar-refractivity contribution in [2.75, 3.05) is 5.32 Å². The van der Waals surface area contributed by atoms with E-state index >= 15 is 0 Å². The van der Waals surface area contributed by atoms with Crippen LogP contribution in [0.1, 0.15) is 25.7 Å². The van der Waals surface area contributed by atoms with E-state index in [1.165, 1.54) is 11.3 Å². The van der Waals surface area contributed by atoms with Crippen molar-refractivity contribution in [1.82, 2.24) is 0 Å². The van der Waals surface area contributed by atoms with Crippen molar-refractivity contribution in [2.45, 2.75) is 13.8 Å². The third-order valence-corrected chi connectivity index (χ3v) is 4.20. The number of thiophene rings is 1. The summed E-state index contributed by atoms with van der Waals surface area (Å²) in [5.41, 5.74) is 8.08. The summed E-state index contributed by atoms with van der Waals surface area (Å²) < 4.78 is 0. The third kappa shape index (κ3) is 3.00. The van der Waals surface area contributed by atoms with E-state index in [2.05, 4.69) is 5.32 Å². The van der Waals surface area contributed by atoms with E-state index in [1.54, 1.807) is 12.1 Å². The zero-order valence-electron chi connectivity index (χ0n) is 10.7. The fourth-order valence-electron chi connectivity index (χ4n) is 1.68. The van der Waals surface area contributed by atoms with Gasteiger partial charge in [0, 0.05) is 10.4 Å². The number of hydrogen-bond donors (Lipinski definition) is 2. The van der Waals surface area contributed by atoms with E-state index in [4.69, 9.17) is 18.0 Å². The Morgan fingerprint density at radius 1 is 1.32 bits per heavy atom. The molecule has 2 rings (SSSR count). The van der Waals surface area contributed by atoms with Gasteiger partial charge in [-0.05, 0) is 37.6 Å². The first-order valence-corrected chi connectivity index (χ1v) is 6.98. The van der Waals surface area contributed by atoms with Crippen molar-refractivity contribution < 1.29 is 4.79 Å². The molecule has 0 aliphatic heterocycles. The molecule has 5 heteroatoms. The number of carbonyl (C=O) groups excluding carboxylic acids is 1. The van der Waals surface area contributed by atoms with Crippen LogP contribution in [0.2, 0.25) is 0 Å². The Balaban J connectivity index is 2.26. The molecule has 2 aromatic rings. The van der Waals surface area contributed by atoms with Gasteiger partial charge < -0.3 is 11.1 Å². The number of rotatable bonds is 3. The molecule has 3 N–H and O–H groups in total. The first kappa shape index (κ1) is 13.7. The van der Waals surface area contributed by atoms with Gasteiger partial charge in [0.2, 0.25) is 0 Å². The predicted octanol–water partition coefficient (Wildman–Crippen LogP) is 3.25. The Bertz CT molecular complexity index is 627. The average molecular weight is 290 g/mol. The molecule has 1 aromatic heterocycles. The largest absolute Gasteiger partial charge is 0.389 e. The molecule has 0 radical (unpaired) electrons. The lowest BCUT2D eigenvalue weighted by molar-refractivity contribution is 0.103. The first-order chi connectivity index (χ1) is 8.99. The van der Waals surface area contributed by atoms with Crippen molar-refractivity contribution in [3.05, 3.63) is 51.2 Å². The Kier molecular flexibility index (Phi) is 3.97. The quantitative estimate of drug-likeness (QED) is 0.853. The van der Waals surface area contributed by atoms with Crippen LogP contribution in [0, 0.1) is 13.8 Å². The molecule has 1 aromatic carbocycles. The first-order valence-electron chi connectivity index (χ1n) is 5.76. The van der Waals surface area contributed by atoms with E-state index in [9.17, 15) is 4.79 Å². The summed E-state index contributed by atoms with van der Waals surface area (Å²) in [7, 11) is 0. The molecule has 0 spiro atoms. The van der Waals surface area contributed by atoms with Gasteiger partial charge in [-0.15, -0.1) is 11.3 Å². The van der Waals surface area contributed by atoms with Crippen molar-refractivity contribution in [1.29, 1.82) is 0 Å². The van der Waals surface area contributed by atoms with Gasteiger partial charge in [0.1, 0.15) is 4.99 Å². The Labute approximate surface area is 121 Å². The molecule has 1 heterocycles. The Morgan fingerprint density at radius 3 is 2.58 bits per heavy atom. The summed E-state index contributed by atoms with van der Waals surface area (Å²) >= 11 is 6.45. The van der Waals surface area contributed by atoms with Gasteiger partial charge >= 0.3 is 0 Å². The fourth-order valence-corrected chi connectivity index (χ4v) is 2.78. The van der Waals surface area contributed by atoms with Gasteiger partial charge in [0.15, 0.2) is 0 Å². The standard InChI is InChI=1S/C14H14N2OS2/c1-8-7-12(19-9(8)2)14(17)16-11-6-4-3-5-10(11)13(15)18/h3-7H,1-2H3,(H2,15,18)(H,16,17). The van der Waals surface area contributed by atoms with Crippen LogP contribution in [0.5, 0.6) is 0 Å². The zero-order chi connectivity index (χ0) is 14.0. The molecule has 0 atom stereocenters. The van der Waals surface area contributed by atoms with Gasteiger partial charge in [-0.1, -0.05) is 24.4 Å². The molecular weight excluding hydrogens is 276 g/mol. The number of benzene rings is 1. The van der Waals surface area contributed by atoms with E-state index in [0.29, 0.717) is 16.1 Å². The van der Waals surface area contributed by atoms with Crippen LogP contribution in [0.4, 0.5) is 5.69 Å². The van der Waals surface area contributed by atoms with Crippen molar-refractivity contribution in [3.8, 4) is 0 Å². The minimum atomic E-state index is -0.134. The molecular formula is C14H14N2OS2. The highest BCUT2D eigenvalue weighted by Gasteiger charge is 2.13. The Hall–Kier alpha value is -1.72. The van der Waals surface area contributed by atoms with Crippen molar-refractivity contribution in [2.24, 2.45) is 5.73 Å². The summed E-state index contributed by atoms with van der Waals surface area (Å²) in [4.78, 5) is 14.3. The molecule has 0 saturated heterocycles. The van der Waals surface area contributed by atoms with Crippen molar-refractivity contribution >= 4 is 40.1 Å². The van der Waals surface area contributed by atoms with E-state index in [1.807, 2.05) is 32.0 Å². The average Bonchev–Trinajstić information content (AvgIpc) is 2.70. The maximum absolute atomic E-state index is 12.2. The molecule has 3 nitrogen and oxygen atoms in total. The lowest BCUT2D eigenvalue weighted by Gasteiger charge is -2.08. The van der Waals surface area contributed by atoms with Gasteiger partial charge in [-0.25, -0.2) is 0 Å². The SMILES string of the molecule is Cc1cc(C(=O)Nc2ccccc2C(N)=S)sc1C. The van der Waals surface area contributed by atoms with Gasteiger partial charge in [0.05, 0.1) is 10.6 Å². The molecule has 98 valence electrons. The number of para-hydroxylation sites is 1. The van der Waals surface area contributed by atoms with Crippen LogP contribution in [0.3, 0.4) is 0 Å². The highest BCUT2D eigenvalue weighted by atomic mass is 32.1. The van der Waals surface area contributed by atoms with Gasteiger partial charge in [0.25, 0.3) is 5.91 Å². The van der Waals surface area contributed by atoms with Gasteiger partial charge in [-0.3, -0.25) is 4.79 Å². The van der Waals surface area contributed by atoms with Crippen LogP contribution in [-0.4, -0.2) is 10.9 Å². The summed E-state index contributed by atoms with van der Waals surface area (Å²) in [5, 5.41) is 2.85. The summed E-state index contributed by atoms with van der Waals surface area (Å²) in [6.07, 6.45) is 0. The normalized spacial score (nSPS) is 10.2.